The second kappa shape index (κ2) is 4.84. The molecule has 0 radical (unpaired) electrons. The summed E-state index contributed by atoms with van der Waals surface area (Å²) in [5, 5.41) is 17.4. The first-order valence-corrected chi connectivity index (χ1v) is 3.47. The Balaban J connectivity index is 0.00000144. The standard InChI is InChI=1S/C7H10N2O3.ClH/c1-9-4-8-3-5(9)2-6(10)7(11)12;/h3-4,6,10H,2H2,1H3,(H,11,12);1H. The lowest BCUT2D eigenvalue weighted by Crippen LogP contribution is -2.22. The molecule has 1 rings (SSSR count). The SMILES string of the molecule is Cl.Cn1cncc1CC(O)C(=O)O. The molecule has 5 nitrogen and oxygen atoms in total. The van der Waals surface area contributed by atoms with Crippen LogP contribution in [0.15, 0.2) is 12.5 Å². The molecule has 1 atom stereocenters. The molecule has 0 aromatic carbocycles. The van der Waals surface area contributed by atoms with Crippen LogP contribution in [-0.2, 0) is 18.3 Å². The van der Waals surface area contributed by atoms with E-state index in [9.17, 15) is 4.79 Å². The number of rotatable bonds is 3. The van der Waals surface area contributed by atoms with E-state index in [1.54, 1.807) is 17.9 Å². The van der Waals surface area contributed by atoms with Crippen molar-refractivity contribution in [1.29, 1.82) is 0 Å². The molecule has 1 aromatic heterocycles. The average molecular weight is 207 g/mol. The molecule has 0 aliphatic carbocycles. The summed E-state index contributed by atoms with van der Waals surface area (Å²) in [5.74, 6) is -1.21. The highest BCUT2D eigenvalue weighted by atomic mass is 35.5. The Bertz CT molecular complexity index is 287. The van der Waals surface area contributed by atoms with Gasteiger partial charge in [-0.05, 0) is 0 Å². The molecule has 1 aromatic rings. The number of imidazole rings is 1. The second-order valence-corrected chi connectivity index (χ2v) is 2.55. The lowest BCUT2D eigenvalue weighted by Gasteiger charge is -2.04. The zero-order chi connectivity index (χ0) is 9.14. The number of aliphatic carboxylic acids is 1. The molecular weight excluding hydrogens is 196 g/mol. The van der Waals surface area contributed by atoms with Crippen LogP contribution in [0, 0.1) is 0 Å². The molecule has 1 heterocycles. The van der Waals surface area contributed by atoms with Crippen LogP contribution < -0.4 is 0 Å². The van der Waals surface area contributed by atoms with Gasteiger partial charge in [0.05, 0.1) is 6.33 Å². The van der Waals surface area contributed by atoms with Crippen LogP contribution in [0.2, 0.25) is 0 Å². The fourth-order valence-electron chi connectivity index (χ4n) is 0.867. The number of aromatic nitrogens is 2. The van der Waals surface area contributed by atoms with E-state index >= 15 is 0 Å². The fraction of sp³-hybridized carbons (Fsp3) is 0.429. The number of aliphatic hydroxyl groups excluding tert-OH is 1. The summed E-state index contributed by atoms with van der Waals surface area (Å²) >= 11 is 0. The summed E-state index contributed by atoms with van der Waals surface area (Å²) in [5.41, 5.74) is 0.699. The zero-order valence-electron chi connectivity index (χ0n) is 7.04. The van der Waals surface area contributed by atoms with E-state index < -0.39 is 12.1 Å². The monoisotopic (exact) mass is 206 g/mol. The zero-order valence-corrected chi connectivity index (χ0v) is 7.86. The molecular formula is C7H11ClN2O3. The first kappa shape index (κ1) is 11.9. The van der Waals surface area contributed by atoms with Crippen molar-refractivity contribution in [3.05, 3.63) is 18.2 Å². The molecule has 0 saturated heterocycles. The van der Waals surface area contributed by atoms with E-state index in [1.807, 2.05) is 0 Å². The molecule has 0 spiro atoms. The number of nitrogens with zero attached hydrogens (tertiary/aromatic N) is 2. The predicted molar refractivity (Wildman–Crippen MR) is 47.8 cm³/mol. The topological polar surface area (TPSA) is 75.3 Å². The summed E-state index contributed by atoms with van der Waals surface area (Å²) in [6, 6.07) is 0. The van der Waals surface area contributed by atoms with Crippen LogP contribution in [0.5, 0.6) is 0 Å². The Morgan fingerprint density at radius 2 is 2.38 bits per heavy atom. The van der Waals surface area contributed by atoms with Gasteiger partial charge in [0.25, 0.3) is 0 Å². The number of carboxylic acids is 1. The lowest BCUT2D eigenvalue weighted by atomic mass is 10.2. The molecule has 74 valence electrons. The Hall–Kier alpha value is -1.07. The van der Waals surface area contributed by atoms with Crippen LogP contribution in [0.3, 0.4) is 0 Å². The van der Waals surface area contributed by atoms with E-state index in [4.69, 9.17) is 10.2 Å². The highest BCUT2D eigenvalue weighted by molar-refractivity contribution is 5.85. The molecule has 0 fully saturated rings. The van der Waals surface area contributed by atoms with Gasteiger partial charge in [-0.25, -0.2) is 9.78 Å². The molecule has 2 N–H and O–H groups in total. The molecule has 0 bridgehead atoms. The highest BCUT2D eigenvalue weighted by Gasteiger charge is 2.14. The first-order chi connectivity index (χ1) is 5.61. The second-order valence-electron chi connectivity index (χ2n) is 2.55. The van der Waals surface area contributed by atoms with Crippen molar-refractivity contribution in [2.24, 2.45) is 7.05 Å². The van der Waals surface area contributed by atoms with Crippen LogP contribution in [0.25, 0.3) is 0 Å². The molecule has 0 aliphatic rings. The number of carboxylic acid groups (broad SMARTS) is 1. The van der Waals surface area contributed by atoms with Gasteiger partial charge in [-0.15, -0.1) is 12.4 Å². The van der Waals surface area contributed by atoms with Crippen LogP contribution in [0.1, 0.15) is 5.69 Å². The lowest BCUT2D eigenvalue weighted by molar-refractivity contribution is -0.146. The quantitative estimate of drug-likeness (QED) is 0.720. The Labute approximate surface area is 81.4 Å². The van der Waals surface area contributed by atoms with Gasteiger partial charge in [-0.1, -0.05) is 0 Å². The molecule has 13 heavy (non-hydrogen) atoms. The Morgan fingerprint density at radius 3 is 2.77 bits per heavy atom. The van der Waals surface area contributed by atoms with Crippen LogP contribution in [0.4, 0.5) is 0 Å². The largest absolute Gasteiger partial charge is 0.479 e. The van der Waals surface area contributed by atoms with Gasteiger partial charge >= 0.3 is 5.97 Å². The molecule has 6 heteroatoms. The van der Waals surface area contributed by atoms with E-state index in [-0.39, 0.29) is 18.8 Å². The van der Waals surface area contributed by atoms with E-state index in [0.29, 0.717) is 5.69 Å². The summed E-state index contributed by atoms with van der Waals surface area (Å²) < 4.78 is 1.67. The first-order valence-electron chi connectivity index (χ1n) is 3.47. The summed E-state index contributed by atoms with van der Waals surface area (Å²) in [6.07, 6.45) is 1.84. The smallest absolute Gasteiger partial charge is 0.332 e. The fourth-order valence-corrected chi connectivity index (χ4v) is 0.867. The number of hydrogen-bond acceptors (Lipinski definition) is 3. The molecule has 1 unspecified atom stereocenters. The van der Waals surface area contributed by atoms with Crippen molar-refractivity contribution >= 4 is 18.4 Å². The van der Waals surface area contributed by atoms with Gasteiger partial charge in [0, 0.05) is 25.4 Å². The van der Waals surface area contributed by atoms with E-state index in [1.165, 1.54) is 6.20 Å². The van der Waals surface area contributed by atoms with E-state index in [0.717, 1.165) is 0 Å². The van der Waals surface area contributed by atoms with Crippen molar-refractivity contribution in [1.82, 2.24) is 9.55 Å². The number of aliphatic hydroxyl groups is 1. The van der Waals surface area contributed by atoms with Gasteiger partial charge in [0.2, 0.25) is 0 Å². The van der Waals surface area contributed by atoms with Crippen molar-refractivity contribution < 1.29 is 15.0 Å². The minimum atomic E-state index is -1.35. The normalized spacial score (nSPS) is 11.8. The number of carbonyl (C=O) groups is 1. The average Bonchev–Trinajstić information content (AvgIpc) is 2.36. The maximum atomic E-state index is 10.3. The maximum absolute atomic E-state index is 10.3. The number of hydrogen-bond donors (Lipinski definition) is 2. The van der Waals surface area contributed by atoms with Crippen molar-refractivity contribution in [2.45, 2.75) is 12.5 Å². The third-order valence-corrected chi connectivity index (χ3v) is 1.60. The minimum Gasteiger partial charge on any atom is -0.479 e. The molecule has 0 saturated carbocycles. The molecule has 0 aliphatic heterocycles. The van der Waals surface area contributed by atoms with E-state index in [2.05, 4.69) is 4.98 Å². The third-order valence-electron chi connectivity index (χ3n) is 1.60. The molecule has 0 amide bonds. The van der Waals surface area contributed by atoms with Crippen molar-refractivity contribution in [3.8, 4) is 0 Å². The van der Waals surface area contributed by atoms with Gasteiger partial charge < -0.3 is 14.8 Å². The Morgan fingerprint density at radius 1 is 1.77 bits per heavy atom. The summed E-state index contributed by atoms with van der Waals surface area (Å²) in [6.45, 7) is 0. The van der Waals surface area contributed by atoms with Crippen molar-refractivity contribution in [3.63, 3.8) is 0 Å². The number of halogens is 1. The van der Waals surface area contributed by atoms with Gasteiger partial charge in [0.15, 0.2) is 6.10 Å². The van der Waals surface area contributed by atoms with Crippen molar-refractivity contribution in [2.75, 3.05) is 0 Å². The van der Waals surface area contributed by atoms with Gasteiger partial charge in [-0.3, -0.25) is 0 Å². The predicted octanol–water partition coefficient (Wildman–Crippen LogP) is -0.170. The Kier molecular flexibility index (Phi) is 4.44. The third kappa shape index (κ3) is 3.04. The maximum Gasteiger partial charge on any atom is 0.332 e. The van der Waals surface area contributed by atoms with Crippen LogP contribution >= 0.6 is 12.4 Å². The number of aryl methyl sites for hydroxylation is 1. The van der Waals surface area contributed by atoms with Gasteiger partial charge in [-0.2, -0.15) is 0 Å². The van der Waals surface area contributed by atoms with Gasteiger partial charge in [0.1, 0.15) is 0 Å². The summed E-state index contributed by atoms with van der Waals surface area (Å²) in [4.78, 5) is 14.1. The van der Waals surface area contributed by atoms with Crippen LogP contribution in [-0.4, -0.2) is 31.8 Å². The highest BCUT2D eigenvalue weighted by Crippen LogP contribution is 2.01. The summed E-state index contributed by atoms with van der Waals surface area (Å²) in [7, 11) is 1.75. The minimum absolute atomic E-state index is 0.